The molecule has 3 aliphatic rings. The van der Waals surface area contributed by atoms with Crippen molar-refractivity contribution in [1.29, 1.82) is 0 Å². The Morgan fingerprint density at radius 3 is 2.62 bits per heavy atom. The maximum atomic E-state index is 15.2. The van der Waals surface area contributed by atoms with Crippen LogP contribution < -0.4 is 15.6 Å². The molecule has 3 fully saturated rings. The molecule has 5 rings (SSSR count). The van der Waals surface area contributed by atoms with Gasteiger partial charge in [-0.25, -0.2) is 4.39 Å². The SMILES string of the molecule is CCN1CCN(c2cc3c(cc2F)c(=O)c(C(=O)NCC2CCCO2)cn3C2CC2)CC1. The van der Waals surface area contributed by atoms with E-state index < -0.39 is 17.2 Å². The average Bonchev–Trinajstić information content (AvgIpc) is 3.52. The molecule has 7 nitrogen and oxygen atoms in total. The lowest BCUT2D eigenvalue weighted by Crippen LogP contribution is -2.46. The molecule has 1 aliphatic carbocycles. The van der Waals surface area contributed by atoms with Crippen LogP contribution in [-0.4, -0.2) is 67.4 Å². The molecule has 1 amide bonds. The van der Waals surface area contributed by atoms with Gasteiger partial charge in [0.15, 0.2) is 0 Å². The van der Waals surface area contributed by atoms with Crippen LogP contribution in [0, 0.1) is 5.82 Å². The highest BCUT2D eigenvalue weighted by Gasteiger charge is 2.29. The minimum atomic E-state index is -0.415. The number of likely N-dealkylation sites (N-methyl/N-ethyl adjacent to an activating group) is 1. The molecule has 2 aliphatic heterocycles. The third-order valence-corrected chi connectivity index (χ3v) is 6.96. The number of pyridine rings is 1. The van der Waals surface area contributed by atoms with Gasteiger partial charge in [0.25, 0.3) is 5.91 Å². The normalized spacial score (nSPS) is 21.9. The first-order valence-corrected chi connectivity index (χ1v) is 11.8. The Labute approximate surface area is 187 Å². The van der Waals surface area contributed by atoms with Crippen LogP contribution >= 0.6 is 0 Å². The smallest absolute Gasteiger partial charge is 0.256 e. The first kappa shape index (κ1) is 21.4. The molecule has 2 aromatic rings. The average molecular weight is 443 g/mol. The predicted molar refractivity (Wildman–Crippen MR) is 122 cm³/mol. The van der Waals surface area contributed by atoms with E-state index in [2.05, 4.69) is 22.0 Å². The maximum absolute atomic E-state index is 15.2. The predicted octanol–water partition coefficient (Wildman–Crippen LogP) is 2.53. The fourth-order valence-corrected chi connectivity index (χ4v) is 4.83. The monoisotopic (exact) mass is 442 g/mol. The fraction of sp³-hybridized carbons (Fsp3) is 0.583. The van der Waals surface area contributed by atoms with Crippen LogP contribution in [0.25, 0.3) is 10.9 Å². The largest absolute Gasteiger partial charge is 0.376 e. The summed E-state index contributed by atoms with van der Waals surface area (Å²) in [5, 5.41) is 3.11. The van der Waals surface area contributed by atoms with E-state index in [1.165, 1.54) is 6.07 Å². The molecule has 3 heterocycles. The number of piperazine rings is 1. The van der Waals surface area contributed by atoms with Gasteiger partial charge in [-0.05, 0) is 44.4 Å². The Balaban J connectivity index is 1.48. The lowest BCUT2D eigenvalue weighted by Gasteiger charge is -2.35. The Morgan fingerprint density at radius 1 is 1.19 bits per heavy atom. The second-order valence-electron chi connectivity index (χ2n) is 9.10. The van der Waals surface area contributed by atoms with Crippen molar-refractivity contribution in [3.8, 4) is 0 Å². The lowest BCUT2D eigenvalue weighted by molar-refractivity contribution is 0.0856. The number of hydrogen-bond acceptors (Lipinski definition) is 5. The van der Waals surface area contributed by atoms with Gasteiger partial charge >= 0.3 is 0 Å². The van der Waals surface area contributed by atoms with Crippen molar-refractivity contribution >= 4 is 22.5 Å². The topological polar surface area (TPSA) is 66.8 Å². The first-order chi connectivity index (χ1) is 15.5. The Bertz CT molecular complexity index is 1070. The van der Waals surface area contributed by atoms with Crippen molar-refractivity contribution < 1.29 is 13.9 Å². The Kier molecular flexibility index (Phi) is 5.90. The number of halogens is 1. The summed E-state index contributed by atoms with van der Waals surface area (Å²) in [7, 11) is 0. The van der Waals surface area contributed by atoms with E-state index in [9.17, 15) is 9.59 Å². The Hall–Kier alpha value is -2.45. The van der Waals surface area contributed by atoms with Crippen molar-refractivity contribution in [1.82, 2.24) is 14.8 Å². The van der Waals surface area contributed by atoms with Gasteiger partial charge in [-0.1, -0.05) is 6.92 Å². The molecule has 2 saturated heterocycles. The molecular formula is C24H31FN4O3. The van der Waals surface area contributed by atoms with Crippen molar-refractivity contribution in [3.63, 3.8) is 0 Å². The number of fused-ring (bicyclic) bond motifs is 1. The third-order valence-electron chi connectivity index (χ3n) is 6.96. The summed E-state index contributed by atoms with van der Waals surface area (Å²) < 4.78 is 22.7. The van der Waals surface area contributed by atoms with Gasteiger partial charge in [0.2, 0.25) is 5.43 Å². The van der Waals surface area contributed by atoms with Crippen LogP contribution in [-0.2, 0) is 4.74 Å². The maximum Gasteiger partial charge on any atom is 0.256 e. The van der Waals surface area contributed by atoms with Crippen LogP contribution in [0.5, 0.6) is 0 Å². The summed E-state index contributed by atoms with van der Waals surface area (Å²) in [4.78, 5) is 30.4. The molecule has 172 valence electrons. The highest BCUT2D eigenvalue weighted by Crippen LogP contribution is 2.38. The minimum Gasteiger partial charge on any atom is -0.376 e. The summed E-state index contributed by atoms with van der Waals surface area (Å²) in [5.41, 5.74) is 0.911. The van der Waals surface area contributed by atoms with Gasteiger partial charge in [-0.15, -0.1) is 0 Å². The molecular weight excluding hydrogens is 411 g/mol. The molecule has 8 heteroatoms. The number of carbonyl (C=O) groups is 1. The quantitative estimate of drug-likeness (QED) is 0.745. The van der Waals surface area contributed by atoms with Crippen molar-refractivity contribution in [2.45, 2.75) is 44.8 Å². The molecule has 1 aromatic heterocycles. The van der Waals surface area contributed by atoms with E-state index in [1.54, 1.807) is 12.3 Å². The molecule has 32 heavy (non-hydrogen) atoms. The molecule has 0 spiro atoms. The standard InChI is InChI=1S/C24H31FN4O3/c1-2-27-7-9-28(10-8-27)22-13-21-18(12-20(22)25)23(30)19(15-29(21)16-5-6-16)24(31)26-14-17-4-3-11-32-17/h12-13,15-17H,2-11,14H2,1H3,(H,26,31). The number of hydrogen-bond donors (Lipinski definition) is 1. The number of aromatic nitrogens is 1. The van der Waals surface area contributed by atoms with Gasteiger partial charge in [-0.2, -0.15) is 0 Å². The zero-order chi connectivity index (χ0) is 22.2. The highest BCUT2D eigenvalue weighted by molar-refractivity contribution is 5.98. The van der Waals surface area contributed by atoms with Gasteiger partial charge in [0.05, 0.1) is 17.3 Å². The molecule has 0 bridgehead atoms. The van der Waals surface area contributed by atoms with Crippen LogP contribution in [0.15, 0.2) is 23.1 Å². The van der Waals surface area contributed by atoms with E-state index in [4.69, 9.17) is 4.74 Å². The van der Waals surface area contributed by atoms with Gasteiger partial charge in [-0.3, -0.25) is 9.59 Å². The number of carbonyl (C=O) groups excluding carboxylic acids is 1. The summed E-state index contributed by atoms with van der Waals surface area (Å²) in [6, 6.07) is 3.38. The zero-order valence-corrected chi connectivity index (χ0v) is 18.6. The van der Waals surface area contributed by atoms with Crippen LogP contribution in [0.2, 0.25) is 0 Å². The second kappa shape index (κ2) is 8.83. The highest BCUT2D eigenvalue weighted by atomic mass is 19.1. The molecule has 1 N–H and O–H groups in total. The molecule has 1 saturated carbocycles. The molecule has 1 unspecified atom stereocenters. The van der Waals surface area contributed by atoms with E-state index in [-0.39, 0.29) is 23.1 Å². The number of anilines is 1. The number of benzene rings is 1. The van der Waals surface area contributed by atoms with Crippen molar-refractivity contribution in [2.75, 3.05) is 50.8 Å². The number of ether oxygens (including phenoxy) is 1. The summed E-state index contributed by atoms with van der Waals surface area (Å²) >= 11 is 0. The number of nitrogens with one attached hydrogen (secondary N) is 1. The molecule has 1 aromatic carbocycles. The van der Waals surface area contributed by atoms with E-state index in [0.29, 0.717) is 24.4 Å². The second-order valence-corrected chi connectivity index (χ2v) is 9.10. The lowest BCUT2D eigenvalue weighted by atomic mass is 10.1. The van der Waals surface area contributed by atoms with E-state index in [0.717, 1.165) is 58.4 Å². The number of amides is 1. The fourth-order valence-electron chi connectivity index (χ4n) is 4.83. The van der Waals surface area contributed by atoms with E-state index in [1.807, 2.05) is 4.57 Å². The van der Waals surface area contributed by atoms with E-state index >= 15 is 4.39 Å². The summed E-state index contributed by atoms with van der Waals surface area (Å²) in [5.74, 6) is -0.819. The van der Waals surface area contributed by atoms with Crippen LogP contribution in [0.4, 0.5) is 10.1 Å². The van der Waals surface area contributed by atoms with Gasteiger partial charge in [0, 0.05) is 57.0 Å². The van der Waals surface area contributed by atoms with Gasteiger partial charge < -0.3 is 24.4 Å². The Morgan fingerprint density at radius 2 is 1.97 bits per heavy atom. The van der Waals surface area contributed by atoms with Crippen molar-refractivity contribution in [3.05, 3.63) is 39.9 Å². The van der Waals surface area contributed by atoms with Crippen LogP contribution in [0.3, 0.4) is 0 Å². The molecule has 0 radical (unpaired) electrons. The number of rotatable bonds is 6. The molecule has 1 atom stereocenters. The zero-order valence-electron chi connectivity index (χ0n) is 18.6. The van der Waals surface area contributed by atoms with Crippen LogP contribution in [0.1, 0.15) is 49.0 Å². The van der Waals surface area contributed by atoms with Gasteiger partial charge in [0.1, 0.15) is 11.4 Å². The first-order valence-electron chi connectivity index (χ1n) is 11.8. The minimum absolute atomic E-state index is 0.00163. The number of nitrogens with zero attached hydrogens (tertiary/aromatic N) is 3. The summed E-state index contributed by atoms with van der Waals surface area (Å²) in [6.45, 7) is 7.53. The van der Waals surface area contributed by atoms with Crippen molar-refractivity contribution in [2.24, 2.45) is 0 Å². The summed E-state index contributed by atoms with van der Waals surface area (Å²) in [6.07, 6.45) is 5.56. The third kappa shape index (κ3) is 4.13.